The van der Waals surface area contributed by atoms with Crippen molar-refractivity contribution in [3.05, 3.63) is 22.7 Å². The van der Waals surface area contributed by atoms with E-state index < -0.39 is 0 Å². The molecule has 0 radical (unpaired) electrons. The molecule has 1 aromatic carbocycles. The second kappa shape index (κ2) is 6.96. The van der Waals surface area contributed by atoms with Crippen molar-refractivity contribution in [1.29, 1.82) is 0 Å². The first kappa shape index (κ1) is 14.4. The van der Waals surface area contributed by atoms with Crippen molar-refractivity contribution in [2.45, 2.75) is 19.0 Å². The summed E-state index contributed by atoms with van der Waals surface area (Å²) in [6.07, 6.45) is 0.829. The number of aliphatic hydroxyl groups excluding tert-OH is 2. The fraction of sp³-hybridized carbons (Fsp3) is 0.538. The predicted octanol–water partition coefficient (Wildman–Crippen LogP) is 0.944. The highest BCUT2D eigenvalue weighted by Gasteiger charge is 2.16. The van der Waals surface area contributed by atoms with Gasteiger partial charge in [0, 0.05) is 13.0 Å². The first-order chi connectivity index (χ1) is 9.24. The summed E-state index contributed by atoms with van der Waals surface area (Å²) in [5.74, 6) is 1.23. The number of rotatable bonds is 5. The molecular weight excluding hydrogens is 270 g/mol. The number of ether oxygens (including phenoxy) is 2. The minimum absolute atomic E-state index is 0.116. The molecule has 1 aliphatic heterocycles. The third-order valence-electron chi connectivity index (χ3n) is 2.90. The van der Waals surface area contributed by atoms with Crippen LogP contribution in [0.5, 0.6) is 11.5 Å². The van der Waals surface area contributed by atoms with Gasteiger partial charge in [-0.25, -0.2) is 0 Å². The summed E-state index contributed by atoms with van der Waals surface area (Å²) in [4.78, 5) is 0. The van der Waals surface area contributed by atoms with Crippen LogP contribution in [0.4, 0.5) is 0 Å². The van der Waals surface area contributed by atoms with E-state index in [9.17, 15) is 0 Å². The summed E-state index contributed by atoms with van der Waals surface area (Å²) in [5, 5.41) is 21.5. The number of halogens is 1. The minimum atomic E-state index is -0.338. The minimum Gasteiger partial charge on any atom is -0.489 e. The lowest BCUT2D eigenvalue weighted by Crippen LogP contribution is -2.35. The molecule has 3 N–H and O–H groups in total. The van der Waals surface area contributed by atoms with Gasteiger partial charge in [-0.1, -0.05) is 11.6 Å². The first-order valence-corrected chi connectivity index (χ1v) is 6.65. The molecule has 1 aromatic rings. The van der Waals surface area contributed by atoms with E-state index in [2.05, 4.69) is 5.32 Å². The zero-order chi connectivity index (χ0) is 13.7. The zero-order valence-corrected chi connectivity index (χ0v) is 11.3. The van der Waals surface area contributed by atoms with Crippen LogP contribution in [0.3, 0.4) is 0 Å². The maximum Gasteiger partial charge on any atom is 0.179 e. The van der Waals surface area contributed by atoms with Gasteiger partial charge >= 0.3 is 0 Å². The van der Waals surface area contributed by atoms with Crippen LogP contribution in [-0.2, 0) is 6.54 Å². The molecule has 106 valence electrons. The number of hydrogen-bond donors (Lipinski definition) is 3. The van der Waals surface area contributed by atoms with Gasteiger partial charge in [-0.15, -0.1) is 0 Å². The Morgan fingerprint density at radius 2 is 1.95 bits per heavy atom. The van der Waals surface area contributed by atoms with Gasteiger partial charge in [-0.3, -0.25) is 0 Å². The summed E-state index contributed by atoms with van der Waals surface area (Å²) in [6.45, 7) is 1.46. The number of benzene rings is 1. The standard InChI is InChI=1S/C13H18ClNO4/c14-11-4-9(6-15-10(7-16)8-17)5-12-13(11)19-3-1-2-18-12/h4-5,10,15-17H,1-3,6-8H2. The second-order valence-corrected chi connectivity index (χ2v) is 4.81. The fourth-order valence-electron chi connectivity index (χ4n) is 1.84. The van der Waals surface area contributed by atoms with E-state index in [4.69, 9.17) is 31.3 Å². The highest BCUT2D eigenvalue weighted by Crippen LogP contribution is 2.37. The third kappa shape index (κ3) is 3.73. The third-order valence-corrected chi connectivity index (χ3v) is 3.18. The average molecular weight is 288 g/mol. The van der Waals surface area contributed by atoms with Gasteiger partial charge in [-0.05, 0) is 17.7 Å². The van der Waals surface area contributed by atoms with Gasteiger partial charge in [0.2, 0.25) is 0 Å². The van der Waals surface area contributed by atoms with Gasteiger partial charge < -0.3 is 25.0 Å². The van der Waals surface area contributed by atoms with Crippen LogP contribution in [0.25, 0.3) is 0 Å². The van der Waals surface area contributed by atoms with Gasteiger partial charge in [-0.2, -0.15) is 0 Å². The summed E-state index contributed by atoms with van der Waals surface area (Å²) in [5.41, 5.74) is 0.918. The summed E-state index contributed by atoms with van der Waals surface area (Å²) in [6, 6.07) is 3.33. The number of hydrogen-bond acceptors (Lipinski definition) is 5. The van der Waals surface area contributed by atoms with E-state index in [1.54, 1.807) is 6.07 Å². The lowest BCUT2D eigenvalue weighted by Gasteiger charge is -2.15. The molecule has 6 heteroatoms. The first-order valence-electron chi connectivity index (χ1n) is 6.27. The molecule has 0 atom stereocenters. The van der Waals surface area contributed by atoms with Gasteiger partial charge in [0.1, 0.15) is 0 Å². The van der Waals surface area contributed by atoms with E-state index in [1.807, 2.05) is 6.07 Å². The van der Waals surface area contributed by atoms with E-state index >= 15 is 0 Å². The van der Waals surface area contributed by atoms with Crippen LogP contribution in [0.1, 0.15) is 12.0 Å². The Labute approximate surface area is 117 Å². The predicted molar refractivity (Wildman–Crippen MR) is 71.9 cm³/mol. The van der Waals surface area contributed by atoms with Gasteiger partial charge in [0.25, 0.3) is 0 Å². The van der Waals surface area contributed by atoms with Crippen LogP contribution >= 0.6 is 11.6 Å². The molecule has 0 aromatic heterocycles. The highest BCUT2D eigenvalue weighted by atomic mass is 35.5. The molecule has 19 heavy (non-hydrogen) atoms. The normalized spacial score (nSPS) is 14.5. The quantitative estimate of drug-likeness (QED) is 0.752. The van der Waals surface area contributed by atoms with Crippen LogP contribution in [0, 0.1) is 0 Å². The topological polar surface area (TPSA) is 71.0 Å². The average Bonchev–Trinajstić information content (AvgIpc) is 2.65. The highest BCUT2D eigenvalue weighted by molar-refractivity contribution is 6.32. The maximum absolute atomic E-state index is 8.99. The van der Waals surface area contributed by atoms with Crippen LogP contribution in [0.2, 0.25) is 5.02 Å². The lowest BCUT2D eigenvalue weighted by atomic mass is 10.2. The maximum atomic E-state index is 8.99. The molecule has 0 bridgehead atoms. The summed E-state index contributed by atoms with van der Waals surface area (Å²) in [7, 11) is 0. The Balaban J connectivity index is 2.10. The molecule has 0 fully saturated rings. The molecule has 0 spiro atoms. The smallest absolute Gasteiger partial charge is 0.179 e. The van der Waals surface area contributed by atoms with E-state index in [0.29, 0.717) is 36.3 Å². The van der Waals surface area contributed by atoms with E-state index in [-0.39, 0.29) is 19.3 Å². The van der Waals surface area contributed by atoms with Crippen LogP contribution in [0.15, 0.2) is 12.1 Å². The number of nitrogens with one attached hydrogen (secondary N) is 1. The van der Waals surface area contributed by atoms with Crippen molar-refractivity contribution >= 4 is 11.6 Å². The Morgan fingerprint density at radius 1 is 1.21 bits per heavy atom. The largest absolute Gasteiger partial charge is 0.489 e. The van der Waals surface area contributed by atoms with Crippen molar-refractivity contribution in [2.75, 3.05) is 26.4 Å². The van der Waals surface area contributed by atoms with Crippen molar-refractivity contribution < 1.29 is 19.7 Å². The fourth-order valence-corrected chi connectivity index (χ4v) is 2.12. The molecule has 0 amide bonds. The molecule has 0 unspecified atom stereocenters. The molecule has 0 saturated heterocycles. The molecular formula is C13H18ClNO4. The van der Waals surface area contributed by atoms with Crippen molar-refractivity contribution in [3.8, 4) is 11.5 Å². The Kier molecular flexibility index (Phi) is 5.27. The SMILES string of the molecule is OCC(CO)NCc1cc(Cl)c2c(c1)OCCCO2. The molecule has 5 nitrogen and oxygen atoms in total. The van der Waals surface area contributed by atoms with E-state index in [0.717, 1.165) is 12.0 Å². The lowest BCUT2D eigenvalue weighted by molar-refractivity contribution is 0.170. The Morgan fingerprint density at radius 3 is 2.68 bits per heavy atom. The Bertz CT molecular complexity index is 423. The molecule has 0 aliphatic carbocycles. The summed E-state index contributed by atoms with van der Waals surface area (Å²) < 4.78 is 11.1. The van der Waals surface area contributed by atoms with Crippen LogP contribution < -0.4 is 14.8 Å². The van der Waals surface area contributed by atoms with Crippen molar-refractivity contribution in [3.63, 3.8) is 0 Å². The van der Waals surface area contributed by atoms with Gasteiger partial charge in [0.05, 0.1) is 37.5 Å². The van der Waals surface area contributed by atoms with Crippen LogP contribution in [-0.4, -0.2) is 42.7 Å². The number of fused-ring (bicyclic) bond motifs is 1. The molecule has 0 saturated carbocycles. The molecule has 1 aliphatic rings. The van der Waals surface area contributed by atoms with Gasteiger partial charge in [0.15, 0.2) is 11.5 Å². The van der Waals surface area contributed by atoms with Crippen molar-refractivity contribution in [1.82, 2.24) is 5.32 Å². The Hall–Kier alpha value is -1.01. The molecule has 2 rings (SSSR count). The molecule has 1 heterocycles. The number of aliphatic hydroxyl groups is 2. The monoisotopic (exact) mass is 287 g/mol. The summed E-state index contributed by atoms with van der Waals surface area (Å²) >= 11 is 6.17. The zero-order valence-electron chi connectivity index (χ0n) is 10.6. The van der Waals surface area contributed by atoms with E-state index in [1.165, 1.54) is 0 Å². The van der Waals surface area contributed by atoms with Crippen molar-refractivity contribution in [2.24, 2.45) is 0 Å². The second-order valence-electron chi connectivity index (χ2n) is 4.40.